The molecule has 0 bridgehead atoms. The van der Waals surface area contributed by atoms with Crippen molar-refractivity contribution in [3.05, 3.63) is 59.1 Å². The van der Waals surface area contributed by atoms with Crippen molar-refractivity contribution >= 4 is 38.6 Å². The minimum Gasteiger partial charge on any atom is -0.469 e. The van der Waals surface area contributed by atoms with Crippen molar-refractivity contribution < 1.29 is 22.3 Å². The molecule has 0 amide bonds. The Balaban J connectivity index is 2.09. The number of carbonyl (C=O) groups is 1. The summed E-state index contributed by atoms with van der Waals surface area (Å²) in [4.78, 5) is 15.5. The molecule has 0 atom stereocenters. The standard InChI is InChI=1S/C18H16ClFN2O4S/c1-26-18(23)4-2-3-13-11-15-16(9-10-17(19)21-15)22(13)27(24,25)14-7-5-12(20)6-8-14/h5-11H,2-4H2,1H3. The zero-order valence-electron chi connectivity index (χ0n) is 14.4. The van der Waals surface area contributed by atoms with E-state index in [9.17, 15) is 17.6 Å². The summed E-state index contributed by atoms with van der Waals surface area (Å²) in [6, 6.07) is 9.28. The predicted octanol–water partition coefficient (Wildman–Crippen LogP) is 3.56. The second-order valence-electron chi connectivity index (χ2n) is 5.83. The van der Waals surface area contributed by atoms with E-state index in [0.717, 1.165) is 16.1 Å². The summed E-state index contributed by atoms with van der Waals surface area (Å²) in [7, 11) is -2.69. The molecule has 0 aliphatic carbocycles. The number of pyridine rings is 1. The van der Waals surface area contributed by atoms with Crippen LogP contribution < -0.4 is 0 Å². The Hall–Kier alpha value is -2.45. The molecule has 0 fully saturated rings. The van der Waals surface area contributed by atoms with Gasteiger partial charge in [-0.1, -0.05) is 11.6 Å². The highest BCUT2D eigenvalue weighted by molar-refractivity contribution is 7.90. The molecule has 0 unspecified atom stereocenters. The van der Waals surface area contributed by atoms with Gasteiger partial charge in [-0.3, -0.25) is 4.79 Å². The molecular weight excluding hydrogens is 395 g/mol. The fraction of sp³-hybridized carbons (Fsp3) is 0.222. The van der Waals surface area contributed by atoms with Gasteiger partial charge in [0.25, 0.3) is 10.0 Å². The van der Waals surface area contributed by atoms with Crippen LogP contribution in [0, 0.1) is 5.82 Å². The van der Waals surface area contributed by atoms with E-state index in [1.165, 1.54) is 25.3 Å². The molecule has 0 spiro atoms. The summed E-state index contributed by atoms with van der Waals surface area (Å²) >= 11 is 5.92. The van der Waals surface area contributed by atoms with Gasteiger partial charge in [-0.15, -0.1) is 0 Å². The number of fused-ring (bicyclic) bond motifs is 1. The topological polar surface area (TPSA) is 78.3 Å². The Morgan fingerprint density at radius 3 is 2.59 bits per heavy atom. The lowest BCUT2D eigenvalue weighted by Crippen LogP contribution is -2.16. The van der Waals surface area contributed by atoms with Gasteiger partial charge < -0.3 is 4.74 Å². The first-order valence-corrected chi connectivity index (χ1v) is 9.89. The van der Waals surface area contributed by atoms with Crippen LogP contribution in [0.1, 0.15) is 18.5 Å². The fourth-order valence-corrected chi connectivity index (χ4v) is 4.49. The highest BCUT2D eigenvalue weighted by atomic mass is 35.5. The number of hydrogen-bond acceptors (Lipinski definition) is 5. The molecule has 0 saturated heterocycles. The third-order valence-electron chi connectivity index (χ3n) is 4.04. The molecular formula is C18H16ClFN2O4S. The van der Waals surface area contributed by atoms with Crippen LogP contribution in [0.25, 0.3) is 11.0 Å². The number of aromatic nitrogens is 2. The molecule has 0 radical (unpaired) electrons. The number of rotatable bonds is 6. The van der Waals surface area contributed by atoms with E-state index in [4.69, 9.17) is 11.6 Å². The van der Waals surface area contributed by atoms with Gasteiger partial charge in [0.15, 0.2) is 0 Å². The van der Waals surface area contributed by atoms with Crippen LogP contribution in [0.5, 0.6) is 0 Å². The van der Waals surface area contributed by atoms with E-state index in [1.54, 1.807) is 12.1 Å². The highest BCUT2D eigenvalue weighted by Crippen LogP contribution is 2.27. The van der Waals surface area contributed by atoms with E-state index in [2.05, 4.69) is 9.72 Å². The van der Waals surface area contributed by atoms with Crippen molar-refractivity contribution in [1.29, 1.82) is 0 Å². The molecule has 0 aliphatic heterocycles. The Morgan fingerprint density at radius 2 is 1.93 bits per heavy atom. The summed E-state index contributed by atoms with van der Waals surface area (Å²) in [6.45, 7) is 0. The van der Waals surface area contributed by atoms with Gasteiger partial charge >= 0.3 is 5.97 Å². The van der Waals surface area contributed by atoms with E-state index in [-0.39, 0.29) is 22.4 Å². The maximum absolute atomic E-state index is 13.2. The van der Waals surface area contributed by atoms with E-state index in [1.807, 2.05) is 0 Å². The van der Waals surface area contributed by atoms with Gasteiger partial charge in [0.05, 0.1) is 23.0 Å². The molecule has 142 valence electrons. The number of aryl methyl sites for hydroxylation is 1. The first-order chi connectivity index (χ1) is 12.8. The number of benzene rings is 1. The third-order valence-corrected chi connectivity index (χ3v) is 6.04. The van der Waals surface area contributed by atoms with Crippen molar-refractivity contribution in [2.45, 2.75) is 24.2 Å². The minimum absolute atomic E-state index is 0.0504. The number of methoxy groups -OCH3 is 1. The first kappa shape index (κ1) is 19.3. The normalized spacial score (nSPS) is 11.7. The Morgan fingerprint density at radius 1 is 1.22 bits per heavy atom. The molecule has 2 heterocycles. The van der Waals surface area contributed by atoms with Crippen LogP contribution in [0.15, 0.2) is 47.4 Å². The van der Waals surface area contributed by atoms with Gasteiger partial charge in [-0.25, -0.2) is 21.8 Å². The lowest BCUT2D eigenvalue weighted by atomic mass is 10.2. The maximum Gasteiger partial charge on any atom is 0.305 e. The quantitative estimate of drug-likeness (QED) is 0.458. The van der Waals surface area contributed by atoms with Crippen LogP contribution in [-0.4, -0.2) is 30.5 Å². The van der Waals surface area contributed by atoms with Crippen molar-refractivity contribution in [3.63, 3.8) is 0 Å². The van der Waals surface area contributed by atoms with Gasteiger partial charge in [0, 0.05) is 12.1 Å². The SMILES string of the molecule is COC(=O)CCCc1cc2nc(Cl)ccc2n1S(=O)(=O)c1ccc(F)cc1. The molecule has 1 aromatic carbocycles. The number of halogens is 2. The van der Waals surface area contributed by atoms with Gasteiger partial charge in [0.2, 0.25) is 0 Å². The third kappa shape index (κ3) is 3.96. The van der Waals surface area contributed by atoms with Crippen molar-refractivity contribution in [1.82, 2.24) is 8.96 Å². The van der Waals surface area contributed by atoms with Crippen LogP contribution >= 0.6 is 11.6 Å². The molecule has 0 aliphatic rings. The molecule has 27 heavy (non-hydrogen) atoms. The lowest BCUT2D eigenvalue weighted by molar-refractivity contribution is -0.140. The van der Waals surface area contributed by atoms with Crippen LogP contribution in [-0.2, 0) is 26.0 Å². The average molecular weight is 411 g/mol. The Kier molecular flexibility index (Phi) is 5.48. The van der Waals surface area contributed by atoms with E-state index < -0.39 is 15.8 Å². The number of esters is 1. The van der Waals surface area contributed by atoms with E-state index >= 15 is 0 Å². The maximum atomic E-state index is 13.2. The number of hydrogen-bond donors (Lipinski definition) is 0. The largest absolute Gasteiger partial charge is 0.469 e. The van der Waals surface area contributed by atoms with Crippen LogP contribution in [0.3, 0.4) is 0 Å². The van der Waals surface area contributed by atoms with Crippen LogP contribution in [0.4, 0.5) is 4.39 Å². The highest BCUT2D eigenvalue weighted by Gasteiger charge is 2.24. The monoisotopic (exact) mass is 410 g/mol. The molecule has 0 N–H and O–H groups in total. The number of carbonyl (C=O) groups excluding carboxylic acids is 1. The molecule has 9 heteroatoms. The number of ether oxygens (including phenoxy) is 1. The minimum atomic E-state index is -3.99. The molecule has 3 rings (SSSR count). The zero-order valence-corrected chi connectivity index (χ0v) is 15.9. The fourth-order valence-electron chi connectivity index (χ4n) is 2.78. The number of nitrogens with zero attached hydrogens (tertiary/aromatic N) is 2. The second kappa shape index (κ2) is 7.66. The smallest absolute Gasteiger partial charge is 0.305 e. The first-order valence-electron chi connectivity index (χ1n) is 8.08. The molecule has 3 aromatic rings. The summed E-state index contributed by atoms with van der Waals surface area (Å²) in [5, 5.41) is 0.236. The zero-order chi connectivity index (χ0) is 19.6. The molecule has 2 aromatic heterocycles. The predicted molar refractivity (Wildman–Crippen MR) is 98.7 cm³/mol. The summed E-state index contributed by atoms with van der Waals surface area (Å²) in [5.74, 6) is -0.904. The van der Waals surface area contributed by atoms with Gasteiger partial charge in [-0.05, 0) is 55.3 Å². The van der Waals surface area contributed by atoms with Crippen molar-refractivity contribution in [2.24, 2.45) is 0 Å². The van der Waals surface area contributed by atoms with Gasteiger partial charge in [-0.2, -0.15) is 0 Å². The second-order valence-corrected chi connectivity index (χ2v) is 8.00. The summed E-state index contributed by atoms with van der Waals surface area (Å²) < 4.78 is 45.3. The van der Waals surface area contributed by atoms with Crippen molar-refractivity contribution in [3.8, 4) is 0 Å². The Bertz CT molecular complexity index is 1090. The summed E-state index contributed by atoms with van der Waals surface area (Å²) in [6.07, 6.45) is 0.863. The molecule has 6 nitrogen and oxygen atoms in total. The van der Waals surface area contributed by atoms with E-state index in [0.29, 0.717) is 29.6 Å². The lowest BCUT2D eigenvalue weighted by Gasteiger charge is -2.12. The Labute approximate surface area is 160 Å². The van der Waals surface area contributed by atoms with Crippen molar-refractivity contribution in [2.75, 3.05) is 7.11 Å². The van der Waals surface area contributed by atoms with Gasteiger partial charge in [0.1, 0.15) is 11.0 Å². The average Bonchev–Trinajstić information content (AvgIpc) is 2.99. The summed E-state index contributed by atoms with van der Waals surface area (Å²) in [5.41, 5.74) is 1.23. The van der Waals surface area contributed by atoms with Crippen LogP contribution in [0.2, 0.25) is 5.15 Å². The molecule has 0 saturated carbocycles.